The van der Waals surface area contributed by atoms with E-state index in [2.05, 4.69) is 0 Å². The van der Waals surface area contributed by atoms with Gasteiger partial charge in [0, 0.05) is 6.54 Å². The number of carbonyl (C=O) groups is 2. The maximum atomic E-state index is 12.5. The van der Waals surface area contributed by atoms with Gasteiger partial charge < -0.3 is 19.1 Å². The van der Waals surface area contributed by atoms with Crippen molar-refractivity contribution in [2.75, 3.05) is 33.9 Å². The third kappa shape index (κ3) is 4.11. The van der Waals surface area contributed by atoms with Crippen LogP contribution in [0.4, 0.5) is 0 Å². The SMILES string of the molecule is CCOC(=O)CN(CC)C(=O)c1cccc(OC)c1OC. The molecule has 0 saturated carbocycles. The first-order valence-electron chi connectivity index (χ1n) is 6.74. The topological polar surface area (TPSA) is 65.1 Å². The predicted molar refractivity (Wildman–Crippen MR) is 77.8 cm³/mol. The van der Waals surface area contributed by atoms with Gasteiger partial charge in [0.1, 0.15) is 6.54 Å². The second-order valence-corrected chi connectivity index (χ2v) is 4.17. The first kappa shape index (κ1) is 16.8. The van der Waals surface area contributed by atoms with E-state index in [0.717, 1.165) is 0 Å². The molecule has 1 aromatic rings. The maximum Gasteiger partial charge on any atom is 0.325 e. The summed E-state index contributed by atoms with van der Waals surface area (Å²) in [5.74, 6) is 0.0821. The third-order valence-corrected chi connectivity index (χ3v) is 2.93. The zero-order valence-corrected chi connectivity index (χ0v) is 12.8. The summed E-state index contributed by atoms with van der Waals surface area (Å²) in [6.45, 7) is 4.10. The maximum absolute atomic E-state index is 12.5. The highest BCUT2D eigenvalue weighted by Crippen LogP contribution is 2.31. The van der Waals surface area contributed by atoms with Crippen LogP contribution in [0.25, 0.3) is 0 Å². The van der Waals surface area contributed by atoms with Crippen molar-refractivity contribution in [2.24, 2.45) is 0 Å². The number of amides is 1. The fourth-order valence-corrected chi connectivity index (χ4v) is 1.92. The Morgan fingerprint density at radius 3 is 2.38 bits per heavy atom. The lowest BCUT2D eigenvalue weighted by atomic mass is 10.1. The molecule has 6 heteroatoms. The van der Waals surface area contributed by atoms with Gasteiger partial charge in [-0.1, -0.05) is 6.07 Å². The molecule has 0 heterocycles. The fourth-order valence-electron chi connectivity index (χ4n) is 1.92. The van der Waals surface area contributed by atoms with Crippen molar-refractivity contribution >= 4 is 11.9 Å². The highest BCUT2D eigenvalue weighted by Gasteiger charge is 2.23. The van der Waals surface area contributed by atoms with Crippen molar-refractivity contribution in [3.8, 4) is 11.5 Å². The third-order valence-electron chi connectivity index (χ3n) is 2.93. The van der Waals surface area contributed by atoms with Crippen LogP contribution in [0.1, 0.15) is 24.2 Å². The first-order valence-corrected chi connectivity index (χ1v) is 6.74. The summed E-state index contributed by atoms with van der Waals surface area (Å²) in [5.41, 5.74) is 0.350. The van der Waals surface area contributed by atoms with Crippen LogP contribution >= 0.6 is 0 Å². The van der Waals surface area contributed by atoms with Crippen LogP contribution < -0.4 is 9.47 Å². The number of hydrogen-bond donors (Lipinski definition) is 0. The highest BCUT2D eigenvalue weighted by molar-refractivity contribution is 5.99. The molecule has 0 atom stereocenters. The molecule has 116 valence electrons. The molecule has 0 fully saturated rings. The second-order valence-electron chi connectivity index (χ2n) is 4.17. The van der Waals surface area contributed by atoms with E-state index in [1.165, 1.54) is 19.1 Å². The van der Waals surface area contributed by atoms with E-state index >= 15 is 0 Å². The summed E-state index contributed by atoms with van der Waals surface area (Å²) in [5, 5.41) is 0. The molecule has 0 aliphatic heterocycles. The van der Waals surface area contributed by atoms with E-state index in [0.29, 0.717) is 23.6 Å². The van der Waals surface area contributed by atoms with Gasteiger partial charge in [-0.25, -0.2) is 0 Å². The number of ether oxygens (including phenoxy) is 3. The molecule has 21 heavy (non-hydrogen) atoms. The molecule has 0 aliphatic carbocycles. The van der Waals surface area contributed by atoms with Crippen LogP contribution in [0.5, 0.6) is 11.5 Å². The van der Waals surface area contributed by atoms with E-state index in [9.17, 15) is 9.59 Å². The Morgan fingerprint density at radius 1 is 1.14 bits per heavy atom. The van der Waals surface area contributed by atoms with Crippen molar-refractivity contribution in [3.63, 3.8) is 0 Å². The van der Waals surface area contributed by atoms with Gasteiger partial charge in [-0.15, -0.1) is 0 Å². The van der Waals surface area contributed by atoms with Crippen molar-refractivity contribution < 1.29 is 23.8 Å². The van der Waals surface area contributed by atoms with Crippen LogP contribution in [0.2, 0.25) is 0 Å². The summed E-state index contributed by atoms with van der Waals surface area (Å²) in [4.78, 5) is 25.5. The summed E-state index contributed by atoms with van der Waals surface area (Å²) in [7, 11) is 2.97. The number of likely N-dealkylation sites (N-methyl/N-ethyl adjacent to an activating group) is 1. The Morgan fingerprint density at radius 2 is 1.86 bits per heavy atom. The van der Waals surface area contributed by atoms with Gasteiger partial charge in [-0.3, -0.25) is 9.59 Å². The van der Waals surface area contributed by atoms with Gasteiger partial charge in [0.2, 0.25) is 0 Å². The van der Waals surface area contributed by atoms with Crippen LogP contribution in [-0.4, -0.2) is 50.7 Å². The standard InChI is InChI=1S/C15H21NO5/c1-5-16(10-13(17)21-6-2)15(18)11-8-7-9-12(19-3)14(11)20-4/h7-9H,5-6,10H2,1-4H3. The minimum atomic E-state index is -0.436. The number of rotatable bonds is 7. The largest absolute Gasteiger partial charge is 0.493 e. The molecule has 1 rings (SSSR count). The van der Waals surface area contributed by atoms with Crippen LogP contribution in [0.15, 0.2) is 18.2 Å². The van der Waals surface area contributed by atoms with Crippen molar-refractivity contribution in [2.45, 2.75) is 13.8 Å². The summed E-state index contributed by atoms with van der Waals surface area (Å²) < 4.78 is 15.3. The van der Waals surface area contributed by atoms with Crippen molar-refractivity contribution in [1.29, 1.82) is 0 Å². The van der Waals surface area contributed by atoms with E-state index in [4.69, 9.17) is 14.2 Å². The van der Waals surface area contributed by atoms with Crippen molar-refractivity contribution in [1.82, 2.24) is 4.90 Å². The Balaban J connectivity index is 3.02. The predicted octanol–water partition coefficient (Wildman–Crippen LogP) is 1.73. The number of carbonyl (C=O) groups excluding carboxylic acids is 2. The zero-order chi connectivity index (χ0) is 15.8. The quantitative estimate of drug-likeness (QED) is 0.717. The van der Waals surface area contributed by atoms with Gasteiger partial charge in [-0.2, -0.15) is 0 Å². The number of nitrogens with zero attached hydrogens (tertiary/aromatic N) is 1. The van der Waals surface area contributed by atoms with Gasteiger partial charge >= 0.3 is 5.97 Å². The smallest absolute Gasteiger partial charge is 0.325 e. The Bertz CT molecular complexity index is 501. The minimum absolute atomic E-state index is 0.0937. The van der Waals surface area contributed by atoms with E-state index in [1.54, 1.807) is 32.0 Å². The zero-order valence-electron chi connectivity index (χ0n) is 12.8. The minimum Gasteiger partial charge on any atom is -0.493 e. The van der Waals surface area contributed by atoms with Crippen LogP contribution in [-0.2, 0) is 9.53 Å². The molecule has 0 unspecified atom stereocenters. The second kappa shape index (κ2) is 8.14. The highest BCUT2D eigenvalue weighted by atomic mass is 16.5. The lowest BCUT2D eigenvalue weighted by Gasteiger charge is -2.21. The summed E-state index contributed by atoms with van der Waals surface area (Å²) >= 11 is 0. The molecule has 6 nitrogen and oxygen atoms in total. The molecule has 1 aromatic carbocycles. The molecular formula is C15H21NO5. The first-order chi connectivity index (χ1) is 10.1. The van der Waals surface area contributed by atoms with E-state index in [-0.39, 0.29) is 19.1 Å². The molecule has 0 spiro atoms. The van der Waals surface area contributed by atoms with Crippen LogP contribution in [0, 0.1) is 0 Å². The molecule has 0 saturated heterocycles. The van der Waals surface area contributed by atoms with E-state index in [1.807, 2.05) is 0 Å². The molecule has 0 radical (unpaired) electrons. The monoisotopic (exact) mass is 295 g/mol. The lowest BCUT2D eigenvalue weighted by Crippen LogP contribution is -2.36. The Kier molecular flexibility index (Phi) is 6.52. The number of hydrogen-bond acceptors (Lipinski definition) is 5. The Hall–Kier alpha value is -2.24. The van der Waals surface area contributed by atoms with Gasteiger partial charge in [0.15, 0.2) is 11.5 Å². The molecule has 0 bridgehead atoms. The lowest BCUT2D eigenvalue weighted by molar-refractivity contribution is -0.143. The van der Waals surface area contributed by atoms with Gasteiger partial charge in [0.25, 0.3) is 5.91 Å². The van der Waals surface area contributed by atoms with Crippen molar-refractivity contribution in [3.05, 3.63) is 23.8 Å². The number of methoxy groups -OCH3 is 2. The fraction of sp³-hybridized carbons (Fsp3) is 0.467. The molecular weight excluding hydrogens is 274 g/mol. The van der Waals surface area contributed by atoms with Gasteiger partial charge in [0.05, 0.1) is 26.4 Å². The Labute approximate surface area is 124 Å². The normalized spacial score (nSPS) is 9.90. The molecule has 0 N–H and O–H groups in total. The van der Waals surface area contributed by atoms with E-state index < -0.39 is 5.97 Å². The van der Waals surface area contributed by atoms with Gasteiger partial charge in [-0.05, 0) is 26.0 Å². The van der Waals surface area contributed by atoms with Crippen LogP contribution in [0.3, 0.4) is 0 Å². The number of esters is 1. The summed E-state index contributed by atoms with van der Waals surface area (Å²) in [6.07, 6.45) is 0. The number of para-hydroxylation sites is 1. The average molecular weight is 295 g/mol. The summed E-state index contributed by atoms with van der Waals surface area (Å²) in [6, 6.07) is 5.04. The molecule has 0 aliphatic rings. The average Bonchev–Trinajstić information content (AvgIpc) is 2.51. The molecule has 0 aromatic heterocycles. The number of benzene rings is 1. The molecule has 1 amide bonds.